The quantitative estimate of drug-likeness (QED) is 0.904. The third-order valence-corrected chi connectivity index (χ3v) is 4.00. The number of benzene rings is 1. The van der Waals surface area contributed by atoms with E-state index in [1.54, 1.807) is 6.07 Å². The molecule has 1 aromatic carbocycles. The topological polar surface area (TPSA) is 82.2 Å². The monoisotopic (exact) mass is 288 g/mol. The van der Waals surface area contributed by atoms with E-state index < -0.39 is 6.09 Å². The maximum atomic E-state index is 11.0. The van der Waals surface area contributed by atoms with Crippen LogP contribution < -0.4 is 15.8 Å². The summed E-state index contributed by atoms with van der Waals surface area (Å²) in [6.07, 6.45) is 1.35. The number of nitrogens with one attached hydrogen (secondary N) is 1. The van der Waals surface area contributed by atoms with Crippen LogP contribution in [0.5, 0.6) is 5.75 Å². The largest absolute Gasteiger partial charge is 0.410 e. The Labute approximate surface area is 123 Å². The second kappa shape index (κ2) is 5.73. The molecule has 112 valence electrons. The molecule has 1 saturated heterocycles. The number of hydrogen-bond acceptors (Lipinski definition) is 4. The summed E-state index contributed by atoms with van der Waals surface area (Å²) in [4.78, 5) is 15.8. The number of hydrogen-bond donors (Lipinski definition) is 2. The van der Waals surface area contributed by atoms with Crippen LogP contribution in [-0.4, -0.2) is 28.7 Å². The van der Waals surface area contributed by atoms with Crippen LogP contribution in [0.15, 0.2) is 18.2 Å². The fourth-order valence-electron chi connectivity index (χ4n) is 3.05. The summed E-state index contributed by atoms with van der Waals surface area (Å²) in [6.45, 7) is 4.98. The van der Waals surface area contributed by atoms with Crippen LogP contribution in [0.2, 0.25) is 0 Å². The van der Waals surface area contributed by atoms with E-state index >= 15 is 0 Å². The molecule has 2 heterocycles. The number of carbonyl (C=O) groups excluding carboxylic acids is 1. The Morgan fingerprint density at radius 2 is 2.24 bits per heavy atom. The van der Waals surface area contributed by atoms with Gasteiger partial charge in [-0.2, -0.15) is 0 Å². The fraction of sp³-hybridized carbons (Fsp3) is 0.467. The van der Waals surface area contributed by atoms with E-state index in [0.717, 1.165) is 43.8 Å². The molecule has 0 unspecified atom stereocenters. The Kier molecular flexibility index (Phi) is 3.79. The van der Waals surface area contributed by atoms with Crippen molar-refractivity contribution < 1.29 is 9.53 Å². The zero-order valence-electron chi connectivity index (χ0n) is 12.1. The van der Waals surface area contributed by atoms with Crippen LogP contribution >= 0.6 is 0 Å². The van der Waals surface area contributed by atoms with Crippen LogP contribution in [0.3, 0.4) is 0 Å². The lowest BCUT2D eigenvalue weighted by Gasteiger charge is -2.22. The van der Waals surface area contributed by atoms with Gasteiger partial charge in [-0.1, -0.05) is 6.07 Å². The first-order chi connectivity index (χ1) is 10.2. The summed E-state index contributed by atoms with van der Waals surface area (Å²) in [6, 6.07) is 5.59. The average Bonchev–Trinajstić information content (AvgIpc) is 2.87. The Morgan fingerprint density at radius 3 is 2.90 bits per heavy atom. The van der Waals surface area contributed by atoms with Crippen molar-refractivity contribution in [3.05, 3.63) is 24.0 Å². The van der Waals surface area contributed by atoms with E-state index in [1.807, 2.05) is 12.1 Å². The molecule has 2 aromatic rings. The van der Waals surface area contributed by atoms with Gasteiger partial charge in [0.05, 0.1) is 5.52 Å². The number of amides is 1. The van der Waals surface area contributed by atoms with E-state index in [1.165, 1.54) is 0 Å². The average molecular weight is 288 g/mol. The van der Waals surface area contributed by atoms with Crippen LogP contribution in [0.25, 0.3) is 11.0 Å². The molecule has 6 nitrogen and oxygen atoms in total. The maximum Gasteiger partial charge on any atom is 0.410 e. The summed E-state index contributed by atoms with van der Waals surface area (Å²) in [5.74, 6) is 1.96. The van der Waals surface area contributed by atoms with Crippen molar-refractivity contribution in [2.75, 3.05) is 13.1 Å². The summed E-state index contributed by atoms with van der Waals surface area (Å²) in [5, 5.41) is 3.37. The number of carbonyl (C=O) groups is 1. The molecular weight excluding hydrogens is 268 g/mol. The van der Waals surface area contributed by atoms with Crippen molar-refractivity contribution in [1.82, 2.24) is 14.9 Å². The van der Waals surface area contributed by atoms with Gasteiger partial charge < -0.3 is 20.4 Å². The van der Waals surface area contributed by atoms with Crippen molar-refractivity contribution in [3.63, 3.8) is 0 Å². The first-order valence-electron chi connectivity index (χ1n) is 7.38. The minimum Gasteiger partial charge on any atom is -0.408 e. The van der Waals surface area contributed by atoms with E-state index in [0.29, 0.717) is 17.2 Å². The number of imidazole rings is 1. The van der Waals surface area contributed by atoms with Gasteiger partial charge in [-0.15, -0.1) is 0 Å². The molecule has 1 aromatic heterocycles. The first-order valence-corrected chi connectivity index (χ1v) is 7.38. The van der Waals surface area contributed by atoms with E-state index in [-0.39, 0.29) is 0 Å². The lowest BCUT2D eigenvalue weighted by Crippen LogP contribution is -2.28. The van der Waals surface area contributed by atoms with Gasteiger partial charge in [0.25, 0.3) is 0 Å². The maximum absolute atomic E-state index is 11.0. The Balaban J connectivity index is 2.09. The third-order valence-electron chi connectivity index (χ3n) is 4.00. The highest BCUT2D eigenvalue weighted by Crippen LogP contribution is 2.32. The number of nitrogens with two attached hydrogens (primary N) is 1. The molecule has 0 saturated carbocycles. The van der Waals surface area contributed by atoms with E-state index in [2.05, 4.69) is 16.8 Å². The highest BCUT2D eigenvalue weighted by atomic mass is 16.5. The minimum absolute atomic E-state index is 0.433. The second-order valence-electron chi connectivity index (χ2n) is 5.28. The van der Waals surface area contributed by atoms with E-state index in [9.17, 15) is 4.79 Å². The van der Waals surface area contributed by atoms with E-state index in [4.69, 9.17) is 15.5 Å². The minimum atomic E-state index is -0.808. The van der Waals surface area contributed by atoms with Gasteiger partial charge in [0.2, 0.25) is 0 Å². The molecule has 21 heavy (non-hydrogen) atoms. The number of rotatable bonds is 3. The van der Waals surface area contributed by atoms with Gasteiger partial charge in [0, 0.05) is 12.5 Å². The van der Waals surface area contributed by atoms with Crippen LogP contribution in [0.1, 0.15) is 31.5 Å². The van der Waals surface area contributed by atoms with Crippen molar-refractivity contribution in [1.29, 1.82) is 0 Å². The highest BCUT2D eigenvalue weighted by molar-refractivity contribution is 5.85. The van der Waals surface area contributed by atoms with Gasteiger partial charge in [-0.05, 0) is 45.0 Å². The Bertz CT molecular complexity index is 659. The molecule has 6 heteroatoms. The predicted octanol–water partition coefficient (Wildman–Crippen LogP) is 1.98. The van der Waals surface area contributed by atoms with Crippen LogP contribution in [-0.2, 0) is 6.54 Å². The SMILES string of the molecule is CCn1c(C2CCNCC2)nc2c(OC(N)=O)cccc21. The molecule has 3 rings (SSSR count). The predicted molar refractivity (Wildman–Crippen MR) is 80.5 cm³/mol. The number of nitrogens with zero attached hydrogens (tertiary/aromatic N) is 2. The summed E-state index contributed by atoms with van der Waals surface area (Å²) < 4.78 is 7.29. The first kappa shape index (κ1) is 13.9. The molecule has 1 aliphatic rings. The molecule has 0 aliphatic carbocycles. The lowest BCUT2D eigenvalue weighted by atomic mass is 9.97. The highest BCUT2D eigenvalue weighted by Gasteiger charge is 2.23. The lowest BCUT2D eigenvalue weighted by molar-refractivity contribution is 0.211. The second-order valence-corrected chi connectivity index (χ2v) is 5.28. The number of fused-ring (bicyclic) bond motifs is 1. The summed E-state index contributed by atoms with van der Waals surface area (Å²) in [5.41, 5.74) is 6.84. The molecule has 1 aliphatic heterocycles. The van der Waals surface area contributed by atoms with Crippen LogP contribution in [0, 0.1) is 0 Å². The number of primary amides is 1. The number of aryl methyl sites for hydroxylation is 1. The molecule has 0 radical (unpaired) electrons. The Morgan fingerprint density at radius 1 is 1.48 bits per heavy atom. The van der Waals surface area contributed by atoms with Gasteiger partial charge in [0.15, 0.2) is 5.75 Å². The third kappa shape index (κ3) is 2.58. The van der Waals surface area contributed by atoms with Crippen molar-refractivity contribution >= 4 is 17.1 Å². The fourth-order valence-corrected chi connectivity index (χ4v) is 3.05. The standard InChI is InChI=1S/C15H20N4O2/c1-2-19-11-4-3-5-12(21-15(16)20)13(11)18-14(19)10-6-8-17-9-7-10/h3-5,10,17H,2,6-9H2,1H3,(H2,16,20). The number of para-hydroxylation sites is 1. The number of piperidine rings is 1. The summed E-state index contributed by atoms with van der Waals surface area (Å²) in [7, 11) is 0. The Hall–Kier alpha value is -2.08. The zero-order valence-corrected chi connectivity index (χ0v) is 12.1. The molecule has 0 spiro atoms. The molecule has 0 bridgehead atoms. The normalized spacial score (nSPS) is 16.2. The molecule has 1 fully saturated rings. The van der Waals surface area contributed by atoms with Gasteiger partial charge >= 0.3 is 6.09 Å². The van der Waals surface area contributed by atoms with Crippen molar-refractivity contribution in [3.8, 4) is 5.75 Å². The molecule has 3 N–H and O–H groups in total. The summed E-state index contributed by atoms with van der Waals surface area (Å²) >= 11 is 0. The molecule has 0 atom stereocenters. The number of aromatic nitrogens is 2. The number of ether oxygens (including phenoxy) is 1. The van der Waals surface area contributed by atoms with Gasteiger partial charge in [0.1, 0.15) is 11.3 Å². The van der Waals surface area contributed by atoms with Crippen molar-refractivity contribution in [2.24, 2.45) is 5.73 Å². The molecule has 1 amide bonds. The smallest absolute Gasteiger partial charge is 0.408 e. The van der Waals surface area contributed by atoms with Gasteiger partial charge in [-0.25, -0.2) is 9.78 Å². The molecular formula is C15H20N4O2. The van der Waals surface area contributed by atoms with Gasteiger partial charge in [-0.3, -0.25) is 0 Å². The zero-order chi connectivity index (χ0) is 14.8. The van der Waals surface area contributed by atoms with Crippen LogP contribution in [0.4, 0.5) is 4.79 Å². The van der Waals surface area contributed by atoms with Crippen molar-refractivity contribution in [2.45, 2.75) is 32.2 Å².